The van der Waals surface area contributed by atoms with E-state index in [9.17, 15) is 14.9 Å². The number of hydrogen-bond acceptors (Lipinski definition) is 5. The minimum absolute atomic E-state index is 0.255. The first kappa shape index (κ1) is 13.9. The standard InChI is InChI=1S/C11H13NO6/c1-2-17-5-6-18-8-3-4-10(12(15)16)9(7-8)11(13)14/h3-4,7H,2,5-6H2,1H3,(H,13,14). The number of nitro benzene ring substituents is 1. The fourth-order valence-corrected chi connectivity index (χ4v) is 1.30. The zero-order chi connectivity index (χ0) is 13.5. The van der Waals surface area contributed by atoms with E-state index in [1.165, 1.54) is 6.07 Å². The predicted molar refractivity (Wildman–Crippen MR) is 62.0 cm³/mol. The van der Waals surface area contributed by atoms with Crippen molar-refractivity contribution >= 4 is 11.7 Å². The summed E-state index contributed by atoms with van der Waals surface area (Å²) < 4.78 is 10.3. The maximum absolute atomic E-state index is 10.9. The zero-order valence-corrected chi connectivity index (χ0v) is 9.79. The number of benzene rings is 1. The summed E-state index contributed by atoms with van der Waals surface area (Å²) in [5.74, 6) is -1.10. The molecule has 0 atom stereocenters. The monoisotopic (exact) mass is 255 g/mol. The molecule has 98 valence electrons. The molecule has 0 aromatic heterocycles. The summed E-state index contributed by atoms with van der Waals surface area (Å²) in [6.45, 7) is 3.03. The lowest BCUT2D eigenvalue weighted by Gasteiger charge is -2.07. The molecule has 0 amide bonds. The van der Waals surface area contributed by atoms with Gasteiger partial charge in [0, 0.05) is 18.7 Å². The van der Waals surface area contributed by atoms with Gasteiger partial charge in [0.15, 0.2) is 0 Å². The number of hydrogen-bond donors (Lipinski definition) is 1. The van der Waals surface area contributed by atoms with Crippen LogP contribution in [0.5, 0.6) is 5.75 Å². The lowest BCUT2D eigenvalue weighted by atomic mass is 10.2. The molecule has 0 aliphatic carbocycles. The van der Waals surface area contributed by atoms with Crippen molar-refractivity contribution < 1.29 is 24.3 Å². The van der Waals surface area contributed by atoms with Gasteiger partial charge in [-0.1, -0.05) is 0 Å². The summed E-state index contributed by atoms with van der Waals surface area (Å²) in [6, 6.07) is 3.60. The van der Waals surface area contributed by atoms with Crippen LogP contribution in [0.4, 0.5) is 5.69 Å². The van der Waals surface area contributed by atoms with Gasteiger partial charge in [0.05, 0.1) is 11.5 Å². The molecule has 1 N–H and O–H groups in total. The number of nitrogens with zero attached hydrogens (tertiary/aromatic N) is 1. The molecular weight excluding hydrogens is 242 g/mol. The molecule has 0 aliphatic rings. The van der Waals surface area contributed by atoms with Gasteiger partial charge in [0.1, 0.15) is 17.9 Å². The van der Waals surface area contributed by atoms with Crippen LogP contribution in [-0.4, -0.2) is 35.8 Å². The quantitative estimate of drug-likeness (QED) is 0.452. The second kappa shape index (κ2) is 6.55. The molecule has 18 heavy (non-hydrogen) atoms. The Labute approximate surface area is 103 Å². The van der Waals surface area contributed by atoms with E-state index in [4.69, 9.17) is 14.6 Å². The summed E-state index contributed by atoms with van der Waals surface area (Å²) in [4.78, 5) is 20.7. The van der Waals surface area contributed by atoms with E-state index >= 15 is 0 Å². The fourth-order valence-electron chi connectivity index (χ4n) is 1.30. The Balaban J connectivity index is 2.80. The summed E-state index contributed by atoms with van der Waals surface area (Å²) in [6.07, 6.45) is 0. The van der Waals surface area contributed by atoms with Crippen LogP contribution in [0.2, 0.25) is 0 Å². The highest BCUT2D eigenvalue weighted by molar-refractivity contribution is 5.92. The Kier molecular flexibility index (Phi) is 5.06. The van der Waals surface area contributed by atoms with E-state index < -0.39 is 22.1 Å². The fraction of sp³-hybridized carbons (Fsp3) is 0.364. The Hall–Kier alpha value is -2.15. The van der Waals surface area contributed by atoms with Crippen molar-refractivity contribution in [1.29, 1.82) is 0 Å². The minimum atomic E-state index is -1.36. The van der Waals surface area contributed by atoms with Gasteiger partial charge in [-0.05, 0) is 13.0 Å². The van der Waals surface area contributed by atoms with Gasteiger partial charge in [-0.3, -0.25) is 10.1 Å². The summed E-state index contributed by atoms with van der Waals surface area (Å²) >= 11 is 0. The van der Waals surface area contributed by atoms with E-state index in [1.54, 1.807) is 0 Å². The highest BCUT2D eigenvalue weighted by Crippen LogP contribution is 2.24. The van der Waals surface area contributed by atoms with Crippen LogP contribution >= 0.6 is 0 Å². The van der Waals surface area contributed by atoms with Gasteiger partial charge in [-0.25, -0.2) is 4.79 Å². The van der Waals surface area contributed by atoms with Crippen LogP contribution in [-0.2, 0) is 4.74 Å². The predicted octanol–water partition coefficient (Wildman–Crippen LogP) is 1.71. The average Bonchev–Trinajstić information content (AvgIpc) is 2.34. The molecule has 0 radical (unpaired) electrons. The molecule has 0 spiro atoms. The molecule has 7 nitrogen and oxygen atoms in total. The van der Waals surface area contributed by atoms with Crippen molar-refractivity contribution in [2.75, 3.05) is 19.8 Å². The van der Waals surface area contributed by atoms with Crippen LogP contribution in [0.1, 0.15) is 17.3 Å². The molecule has 0 fully saturated rings. The number of ether oxygens (including phenoxy) is 2. The van der Waals surface area contributed by atoms with Crippen LogP contribution in [0, 0.1) is 10.1 Å². The first-order chi connectivity index (χ1) is 8.56. The van der Waals surface area contributed by atoms with E-state index in [0.717, 1.165) is 12.1 Å². The lowest BCUT2D eigenvalue weighted by molar-refractivity contribution is -0.385. The van der Waals surface area contributed by atoms with Crippen molar-refractivity contribution in [3.05, 3.63) is 33.9 Å². The van der Waals surface area contributed by atoms with Crippen molar-refractivity contribution in [1.82, 2.24) is 0 Å². The van der Waals surface area contributed by atoms with Gasteiger partial charge >= 0.3 is 5.97 Å². The smallest absolute Gasteiger partial charge is 0.342 e. The third-order valence-electron chi connectivity index (χ3n) is 2.10. The van der Waals surface area contributed by atoms with E-state index in [1.807, 2.05) is 6.92 Å². The zero-order valence-electron chi connectivity index (χ0n) is 9.79. The van der Waals surface area contributed by atoms with Gasteiger partial charge in [-0.2, -0.15) is 0 Å². The van der Waals surface area contributed by atoms with Crippen molar-refractivity contribution in [3.63, 3.8) is 0 Å². The van der Waals surface area contributed by atoms with E-state index in [0.29, 0.717) is 13.2 Å². The second-order valence-electron chi connectivity index (χ2n) is 3.29. The largest absolute Gasteiger partial charge is 0.491 e. The first-order valence-electron chi connectivity index (χ1n) is 5.28. The molecule has 0 heterocycles. The van der Waals surface area contributed by atoms with Gasteiger partial charge in [0.25, 0.3) is 5.69 Å². The van der Waals surface area contributed by atoms with Crippen LogP contribution in [0.3, 0.4) is 0 Å². The molecule has 0 bridgehead atoms. The summed E-state index contributed by atoms with van der Waals surface area (Å²) in [7, 11) is 0. The van der Waals surface area contributed by atoms with E-state index in [2.05, 4.69) is 0 Å². The third kappa shape index (κ3) is 3.70. The van der Waals surface area contributed by atoms with Gasteiger partial charge in [-0.15, -0.1) is 0 Å². The Bertz CT molecular complexity index is 445. The van der Waals surface area contributed by atoms with Crippen LogP contribution in [0.25, 0.3) is 0 Å². The number of nitro groups is 1. The number of aromatic carboxylic acids is 1. The molecule has 0 unspecified atom stereocenters. The SMILES string of the molecule is CCOCCOc1ccc([N+](=O)[O-])c(C(=O)O)c1. The molecule has 0 saturated carbocycles. The van der Waals surface area contributed by atoms with Gasteiger partial charge < -0.3 is 14.6 Å². The average molecular weight is 255 g/mol. The first-order valence-corrected chi connectivity index (χ1v) is 5.28. The van der Waals surface area contributed by atoms with Crippen LogP contribution in [0.15, 0.2) is 18.2 Å². The Morgan fingerprint density at radius 1 is 1.44 bits per heavy atom. The second-order valence-corrected chi connectivity index (χ2v) is 3.29. The number of rotatable bonds is 7. The number of carboxylic acid groups (broad SMARTS) is 1. The molecule has 7 heteroatoms. The molecule has 1 rings (SSSR count). The molecular formula is C11H13NO6. The maximum Gasteiger partial charge on any atom is 0.342 e. The summed E-state index contributed by atoms with van der Waals surface area (Å²) in [5, 5.41) is 19.5. The highest BCUT2D eigenvalue weighted by atomic mass is 16.6. The molecule has 1 aromatic carbocycles. The highest BCUT2D eigenvalue weighted by Gasteiger charge is 2.20. The summed E-state index contributed by atoms with van der Waals surface area (Å²) in [5.41, 5.74) is -0.853. The Morgan fingerprint density at radius 2 is 2.17 bits per heavy atom. The number of carboxylic acids is 1. The molecule has 0 aliphatic heterocycles. The Morgan fingerprint density at radius 3 is 2.72 bits per heavy atom. The topological polar surface area (TPSA) is 98.9 Å². The normalized spacial score (nSPS) is 10.1. The number of carbonyl (C=O) groups is 1. The van der Waals surface area contributed by atoms with Crippen molar-refractivity contribution in [2.45, 2.75) is 6.92 Å². The third-order valence-corrected chi connectivity index (χ3v) is 2.10. The van der Waals surface area contributed by atoms with Crippen LogP contribution < -0.4 is 4.74 Å². The van der Waals surface area contributed by atoms with Gasteiger partial charge in [0.2, 0.25) is 0 Å². The lowest BCUT2D eigenvalue weighted by Crippen LogP contribution is -2.08. The van der Waals surface area contributed by atoms with Crippen molar-refractivity contribution in [2.24, 2.45) is 0 Å². The van der Waals surface area contributed by atoms with Crippen molar-refractivity contribution in [3.8, 4) is 5.75 Å². The molecule has 0 saturated heterocycles. The minimum Gasteiger partial charge on any atom is -0.491 e. The molecule has 1 aromatic rings. The van der Waals surface area contributed by atoms with E-state index in [-0.39, 0.29) is 12.4 Å². The maximum atomic E-state index is 10.9.